The van der Waals surface area contributed by atoms with Crippen molar-refractivity contribution < 1.29 is 14.3 Å². The summed E-state index contributed by atoms with van der Waals surface area (Å²) in [6.45, 7) is 0. The summed E-state index contributed by atoms with van der Waals surface area (Å²) < 4.78 is 10.5. The molecule has 0 bridgehead atoms. The highest BCUT2D eigenvalue weighted by Gasteiger charge is 2.11. The molecule has 3 aromatic rings. The second kappa shape index (κ2) is 8.97. The lowest BCUT2D eigenvalue weighted by Gasteiger charge is -2.14. The van der Waals surface area contributed by atoms with Crippen molar-refractivity contribution in [2.24, 2.45) is 0 Å². The Morgan fingerprint density at radius 3 is 2.21 bits per heavy atom. The number of hydrogen-bond donors (Lipinski definition) is 2. The molecular formula is C22H24N4O3. The molecule has 0 saturated heterocycles. The number of rotatable bonds is 7. The minimum absolute atomic E-state index is 0.301. The maximum Gasteiger partial charge on any atom is 0.274 e. The van der Waals surface area contributed by atoms with E-state index in [4.69, 9.17) is 9.47 Å². The van der Waals surface area contributed by atoms with Crippen LogP contribution in [0.5, 0.6) is 11.5 Å². The lowest BCUT2D eigenvalue weighted by atomic mass is 10.2. The Bertz CT molecular complexity index is 988. The first-order chi connectivity index (χ1) is 14.0. The van der Waals surface area contributed by atoms with E-state index in [-0.39, 0.29) is 5.91 Å². The summed E-state index contributed by atoms with van der Waals surface area (Å²) in [6.07, 6.45) is 1.60. The van der Waals surface area contributed by atoms with Crippen LogP contribution < -0.4 is 25.0 Å². The summed E-state index contributed by atoms with van der Waals surface area (Å²) in [5, 5.41) is 6.11. The maximum atomic E-state index is 12.6. The summed E-state index contributed by atoms with van der Waals surface area (Å²) in [7, 11) is 7.10. The van der Waals surface area contributed by atoms with Gasteiger partial charge in [-0.3, -0.25) is 9.78 Å². The molecule has 0 atom stereocenters. The van der Waals surface area contributed by atoms with Gasteiger partial charge in [0.15, 0.2) is 11.5 Å². The molecule has 7 nitrogen and oxygen atoms in total. The zero-order chi connectivity index (χ0) is 20.8. The number of pyridine rings is 1. The predicted octanol–water partition coefficient (Wildman–Crippen LogP) is 4.16. The van der Waals surface area contributed by atoms with E-state index in [2.05, 4.69) is 15.6 Å². The lowest BCUT2D eigenvalue weighted by molar-refractivity contribution is 0.102. The van der Waals surface area contributed by atoms with Crippen LogP contribution in [-0.2, 0) is 0 Å². The molecule has 0 aliphatic heterocycles. The van der Waals surface area contributed by atoms with Gasteiger partial charge in [0.2, 0.25) is 0 Å². The zero-order valence-corrected chi connectivity index (χ0v) is 16.9. The van der Waals surface area contributed by atoms with Crippen molar-refractivity contribution in [3.05, 3.63) is 66.5 Å². The van der Waals surface area contributed by atoms with Crippen molar-refractivity contribution in [2.45, 2.75) is 0 Å². The number of benzene rings is 2. The normalized spacial score (nSPS) is 10.2. The number of anilines is 4. The number of carbonyl (C=O) groups excluding carboxylic acids is 1. The van der Waals surface area contributed by atoms with Gasteiger partial charge in [0.25, 0.3) is 5.91 Å². The van der Waals surface area contributed by atoms with Gasteiger partial charge in [-0.15, -0.1) is 0 Å². The van der Waals surface area contributed by atoms with Gasteiger partial charge in [0.1, 0.15) is 5.69 Å². The number of hydrogen-bond acceptors (Lipinski definition) is 6. The molecule has 0 aliphatic rings. The molecule has 2 N–H and O–H groups in total. The lowest BCUT2D eigenvalue weighted by Crippen LogP contribution is -2.14. The Morgan fingerprint density at radius 2 is 1.55 bits per heavy atom. The molecule has 0 radical (unpaired) electrons. The van der Waals surface area contributed by atoms with E-state index in [1.807, 2.05) is 49.3 Å². The Balaban J connectivity index is 1.72. The maximum absolute atomic E-state index is 12.6. The number of ether oxygens (including phenoxy) is 2. The molecule has 2 aromatic carbocycles. The molecule has 0 saturated carbocycles. The van der Waals surface area contributed by atoms with Gasteiger partial charge in [0.05, 0.1) is 14.2 Å². The van der Waals surface area contributed by atoms with Crippen molar-refractivity contribution in [1.29, 1.82) is 0 Å². The van der Waals surface area contributed by atoms with Crippen LogP contribution >= 0.6 is 0 Å². The first kappa shape index (κ1) is 20.0. The Morgan fingerprint density at radius 1 is 0.862 bits per heavy atom. The van der Waals surface area contributed by atoms with E-state index < -0.39 is 0 Å². The molecule has 1 aromatic heterocycles. The fraction of sp³-hybridized carbons (Fsp3) is 0.182. The summed E-state index contributed by atoms with van der Waals surface area (Å²) in [5.41, 5.74) is 3.70. The van der Waals surface area contributed by atoms with E-state index in [9.17, 15) is 4.79 Å². The van der Waals surface area contributed by atoms with Crippen molar-refractivity contribution in [1.82, 2.24) is 4.98 Å². The number of methoxy groups -OCH3 is 2. The summed E-state index contributed by atoms with van der Waals surface area (Å²) in [5.74, 6) is 0.814. The minimum Gasteiger partial charge on any atom is -0.493 e. The van der Waals surface area contributed by atoms with Gasteiger partial charge in [0, 0.05) is 49.1 Å². The second-order valence-electron chi connectivity index (χ2n) is 6.52. The van der Waals surface area contributed by atoms with Crippen LogP contribution in [0.2, 0.25) is 0 Å². The molecule has 0 unspecified atom stereocenters. The standard InChI is InChI=1S/C22H24N4O3/c1-26(2)18-8-5-15(6-9-18)24-17-11-12-23-19(13-17)22(27)25-16-7-10-20(28-3)21(14-16)29-4/h5-14H,1-4H3,(H,23,24)(H,25,27). The number of nitrogens with one attached hydrogen (secondary N) is 2. The van der Waals surface area contributed by atoms with Crippen molar-refractivity contribution in [3.63, 3.8) is 0 Å². The molecule has 0 aliphatic carbocycles. The third kappa shape index (κ3) is 4.95. The molecule has 1 heterocycles. The van der Waals surface area contributed by atoms with Crippen LogP contribution in [0.15, 0.2) is 60.8 Å². The smallest absolute Gasteiger partial charge is 0.274 e. The third-order valence-electron chi connectivity index (χ3n) is 4.31. The van der Waals surface area contributed by atoms with Crippen LogP contribution in [0.3, 0.4) is 0 Å². The second-order valence-corrected chi connectivity index (χ2v) is 6.52. The summed E-state index contributed by atoms with van der Waals surface area (Å²) in [6, 6.07) is 16.7. The summed E-state index contributed by atoms with van der Waals surface area (Å²) in [4.78, 5) is 18.8. The molecular weight excluding hydrogens is 368 g/mol. The van der Waals surface area contributed by atoms with Crippen molar-refractivity contribution in [2.75, 3.05) is 43.8 Å². The highest BCUT2D eigenvalue weighted by atomic mass is 16.5. The molecule has 1 amide bonds. The molecule has 3 rings (SSSR count). The van der Waals surface area contributed by atoms with E-state index in [0.717, 1.165) is 17.1 Å². The molecule has 0 fully saturated rings. The van der Waals surface area contributed by atoms with Crippen LogP contribution in [-0.4, -0.2) is 39.2 Å². The van der Waals surface area contributed by atoms with Gasteiger partial charge >= 0.3 is 0 Å². The van der Waals surface area contributed by atoms with Gasteiger partial charge < -0.3 is 25.0 Å². The quantitative estimate of drug-likeness (QED) is 0.629. The van der Waals surface area contributed by atoms with Gasteiger partial charge in [-0.1, -0.05) is 0 Å². The Hall–Kier alpha value is -3.74. The Labute approximate surface area is 170 Å². The monoisotopic (exact) mass is 392 g/mol. The van der Waals surface area contributed by atoms with Crippen molar-refractivity contribution in [3.8, 4) is 11.5 Å². The van der Waals surface area contributed by atoms with Gasteiger partial charge in [-0.25, -0.2) is 0 Å². The number of amides is 1. The molecule has 0 spiro atoms. The van der Waals surface area contributed by atoms with E-state index in [0.29, 0.717) is 22.9 Å². The van der Waals surface area contributed by atoms with Crippen LogP contribution in [0.25, 0.3) is 0 Å². The first-order valence-corrected chi connectivity index (χ1v) is 9.04. The average Bonchev–Trinajstić information content (AvgIpc) is 2.74. The third-order valence-corrected chi connectivity index (χ3v) is 4.31. The zero-order valence-electron chi connectivity index (χ0n) is 16.9. The molecule has 7 heteroatoms. The van der Waals surface area contributed by atoms with Crippen LogP contribution in [0, 0.1) is 0 Å². The highest BCUT2D eigenvalue weighted by molar-refractivity contribution is 6.03. The van der Waals surface area contributed by atoms with Crippen LogP contribution in [0.4, 0.5) is 22.7 Å². The fourth-order valence-electron chi connectivity index (χ4n) is 2.75. The van der Waals surface area contributed by atoms with Crippen molar-refractivity contribution >= 4 is 28.7 Å². The topological polar surface area (TPSA) is 75.7 Å². The van der Waals surface area contributed by atoms with E-state index in [1.54, 1.807) is 44.7 Å². The highest BCUT2D eigenvalue weighted by Crippen LogP contribution is 2.30. The first-order valence-electron chi connectivity index (χ1n) is 9.04. The largest absolute Gasteiger partial charge is 0.493 e. The van der Waals surface area contributed by atoms with Gasteiger partial charge in [-0.05, 0) is 48.5 Å². The Kier molecular flexibility index (Phi) is 6.19. The number of aromatic nitrogens is 1. The number of nitrogens with zero attached hydrogens (tertiary/aromatic N) is 2. The van der Waals surface area contributed by atoms with Crippen LogP contribution in [0.1, 0.15) is 10.5 Å². The fourth-order valence-corrected chi connectivity index (χ4v) is 2.75. The van der Waals surface area contributed by atoms with E-state index >= 15 is 0 Å². The SMILES string of the molecule is COc1ccc(NC(=O)c2cc(Nc3ccc(N(C)C)cc3)ccn2)cc1OC. The minimum atomic E-state index is -0.316. The van der Waals surface area contributed by atoms with E-state index in [1.165, 1.54) is 0 Å². The molecule has 150 valence electrons. The average molecular weight is 392 g/mol. The molecule has 29 heavy (non-hydrogen) atoms. The number of carbonyl (C=O) groups is 1. The summed E-state index contributed by atoms with van der Waals surface area (Å²) >= 11 is 0. The predicted molar refractivity (Wildman–Crippen MR) is 116 cm³/mol. The van der Waals surface area contributed by atoms with Gasteiger partial charge in [-0.2, -0.15) is 0 Å².